The van der Waals surface area contributed by atoms with Crippen LogP contribution in [0.25, 0.3) is 0 Å². The number of nitrogens with one attached hydrogen (secondary N) is 2. The second kappa shape index (κ2) is 11.1. The molecule has 0 aliphatic carbocycles. The predicted molar refractivity (Wildman–Crippen MR) is 130 cm³/mol. The molecule has 2 atom stereocenters. The number of aromatic carboxylic acids is 1. The molecule has 0 saturated heterocycles. The number of anilines is 2. The first-order valence-electron chi connectivity index (χ1n) is 11.0. The summed E-state index contributed by atoms with van der Waals surface area (Å²) in [6.45, 7) is 3.85. The summed E-state index contributed by atoms with van der Waals surface area (Å²) < 4.78 is 0. The molecule has 0 spiro atoms. The van der Waals surface area contributed by atoms with Crippen LogP contribution in [0.1, 0.15) is 60.0 Å². The van der Waals surface area contributed by atoms with Crippen LogP contribution in [0.3, 0.4) is 0 Å². The fraction of sp³-hybridized carbons (Fsp3) is 0.222. The fourth-order valence-corrected chi connectivity index (χ4v) is 3.85. The lowest BCUT2D eigenvalue weighted by atomic mass is 9.95. The molecule has 3 aromatic carbocycles. The summed E-state index contributed by atoms with van der Waals surface area (Å²) in [5, 5.41) is 15.1. The van der Waals surface area contributed by atoms with Gasteiger partial charge in [0.2, 0.25) is 11.8 Å². The summed E-state index contributed by atoms with van der Waals surface area (Å²) in [4.78, 5) is 37.7. The van der Waals surface area contributed by atoms with Gasteiger partial charge in [0.25, 0.3) is 0 Å². The van der Waals surface area contributed by atoms with Crippen LogP contribution in [0.15, 0.2) is 78.9 Å². The molecule has 0 aromatic heterocycles. The van der Waals surface area contributed by atoms with Gasteiger partial charge in [0.05, 0.1) is 28.8 Å². The Morgan fingerprint density at radius 2 is 1.15 bits per heavy atom. The van der Waals surface area contributed by atoms with Crippen molar-refractivity contribution in [1.29, 1.82) is 0 Å². The zero-order chi connectivity index (χ0) is 23.8. The van der Waals surface area contributed by atoms with E-state index in [1.54, 1.807) is 0 Å². The number of carbonyl (C=O) groups is 3. The van der Waals surface area contributed by atoms with E-state index in [1.165, 1.54) is 18.2 Å². The molecular weight excluding hydrogens is 416 g/mol. The van der Waals surface area contributed by atoms with Crippen molar-refractivity contribution >= 4 is 29.2 Å². The van der Waals surface area contributed by atoms with Crippen molar-refractivity contribution in [2.45, 2.75) is 38.5 Å². The van der Waals surface area contributed by atoms with E-state index in [-0.39, 0.29) is 29.0 Å². The maximum atomic E-state index is 13.1. The first-order chi connectivity index (χ1) is 15.9. The van der Waals surface area contributed by atoms with Crippen LogP contribution >= 0.6 is 0 Å². The fourth-order valence-electron chi connectivity index (χ4n) is 3.85. The Morgan fingerprint density at radius 1 is 0.697 bits per heavy atom. The number of rotatable bonds is 9. The van der Waals surface area contributed by atoms with E-state index < -0.39 is 11.9 Å². The molecule has 0 bridgehead atoms. The van der Waals surface area contributed by atoms with Crippen LogP contribution in [-0.4, -0.2) is 22.9 Å². The number of amides is 2. The van der Waals surface area contributed by atoms with Gasteiger partial charge in [0.15, 0.2) is 0 Å². The predicted octanol–water partition coefficient (Wildman–Crippen LogP) is 5.65. The molecule has 2 amide bonds. The number of hydrogen-bond acceptors (Lipinski definition) is 3. The van der Waals surface area contributed by atoms with E-state index >= 15 is 0 Å². The Kier molecular flexibility index (Phi) is 7.97. The van der Waals surface area contributed by atoms with E-state index in [9.17, 15) is 19.5 Å². The zero-order valence-electron chi connectivity index (χ0n) is 18.7. The van der Waals surface area contributed by atoms with Crippen LogP contribution in [0.4, 0.5) is 11.4 Å². The van der Waals surface area contributed by atoms with Crippen LogP contribution in [0.2, 0.25) is 0 Å². The third-order valence-electron chi connectivity index (χ3n) is 5.64. The standard InChI is InChI=1S/C27H28N2O4/c1-3-21(18-11-7-5-8-12-18)25(30)28-23-16-15-20(27(32)33)17-24(23)29-26(31)22(4-2)19-13-9-6-10-14-19/h5-17,21-22H,3-4H2,1-2H3,(H,28,30)(H,29,31)(H,32,33)/t21-,22+/m1/s1. The van der Waals surface area contributed by atoms with Crippen molar-refractivity contribution in [1.82, 2.24) is 0 Å². The molecule has 0 aliphatic rings. The highest BCUT2D eigenvalue weighted by Gasteiger charge is 2.23. The second-order valence-corrected chi connectivity index (χ2v) is 7.79. The van der Waals surface area contributed by atoms with Gasteiger partial charge in [-0.25, -0.2) is 4.79 Å². The average molecular weight is 445 g/mol. The molecule has 0 saturated carbocycles. The Hall–Kier alpha value is -3.93. The van der Waals surface area contributed by atoms with Crippen molar-refractivity contribution in [2.24, 2.45) is 0 Å². The lowest BCUT2D eigenvalue weighted by Gasteiger charge is -2.20. The Bertz CT molecular complexity index is 1110. The Balaban J connectivity index is 1.89. The van der Waals surface area contributed by atoms with E-state index in [2.05, 4.69) is 10.6 Å². The third kappa shape index (κ3) is 5.86. The largest absolute Gasteiger partial charge is 0.478 e. The lowest BCUT2D eigenvalue weighted by molar-refractivity contribution is -0.118. The normalized spacial score (nSPS) is 12.4. The minimum Gasteiger partial charge on any atom is -0.478 e. The summed E-state index contributed by atoms with van der Waals surface area (Å²) in [7, 11) is 0. The molecule has 170 valence electrons. The number of carboxylic acid groups (broad SMARTS) is 1. The van der Waals surface area contributed by atoms with Gasteiger partial charge in [-0.15, -0.1) is 0 Å². The molecule has 0 radical (unpaired) electrons. The third-order valence-corrected chi connectivity index (χ3v) is 5.64. The van der Waals surface area contributed by atoms with Gasteiger partial charge in [0, 0.05) is 0 Å². The Morgan fingerprint density at radius 3 is 1.58 bits per heavy atom. The monoisotopic (exact) mass is 444 g/mol. The van der Waals surface area contributed by atoms with Gasteiger partial charge in [-0.2, -0.15) is 0 Å². The SMILES string of the molecule is CC[C@H](C(=O)Nc1cc(C(=O)O)ccc1NC(=O)[C@H](CC)c1ccccc1)c1ccccc1. The van der Waals surface area contributed by atoms with Crippen LogP contribution < -0.4 is 10.6 Å². The maximum Gasteiger partial charge on any atom is 0.335 e. The van der Waals surface area contributed by atoms with E-state index in [1.807, 2.05) is 74.5 Å². The van der Waals surface area contributed by atoms with Crippen molar-refractivity contribution in [3.05, 3.63) is 95.6 Å². The molecule has 6 nitrogen and oxygen atoms in total. The quantitative estimate of drug-likeness (QED) is 0.397. The molecule has 6 heteroatoms. The number of carboxylic acids is 1. The Labute approximate surface area is 193 Å². The number of hydrogen-bond donors (Lipinski definition) is 3. The molecule has 33 heavy (non-hydrogen) atoms. The minimum absolute atomic E-state index is 0.0196. The molecule has 0 heterocycles. The van der Waals surface area contributed by atoms with Gasteiger partial charge < -0.3 is 15.7 Å². The summed E-state index contributed by atoms with van der Waals surface area (Å²) in [6, 6.07) is 23.1. The summed E-state index contributed by atoms with van der Waals surface area (Å²) >= 11 is 0. The van der Waals surface area contributed by atoms with Gasteiger partial charge in [0.1, 0.15) is 0 Å². The molecule has 0 aliphatic heterocycles. The summed E-state index contributed by atoms with van der Waals surface area (Å²) in [6.07, 6.45) is 1.17. The highest BCUT2D eigenvalue weighted by atomic mass is 16.4. The van der Waals surface area contributed by atoms with Gasteiger partial charge in [-0.3, -0.25) is 9.59 Å². The van der Waals surface area contributed by atoms with Gasteiger partial charge in [-0.1, -0.05) is 74.5 Å². The van der Waals surface area contributed by atoms with Crippen LogP contribution in [-0.2, 0) is 9.59 Å². The summed E-state index contributed by atoms with van der Waals surface area (Å²) in [5.74, 6) is -2.39. The van der Waals surface area contributed by atoms with Gasteiger partial charge in [-0.05, 0) is 42.2 Å². The molecular formula is C27H28N2O4. The van der Waals surface area contributed by atoms with Crippen LogP contribution in [0, 0.1) is 0 Å². The molecule has 3 aromatic rings. The number of carbonyl (C=O) groups excluding carboxylic acids is 2. The maximum absolute atomic E-state index is 13.1. The first kappa shape index (κ1) is 23.7. The zero-order valence-corrected chi connectivity index (χ0v) is 18.7. The summed E-state index contributed by atoms with van der Waals surface area (Å²) in [5.41, 5.74) is 2.39. The van der Waals surface area contributed by atoms with E-state index in [0.29, 0.717) is 18.5 Å². The molecule has 3 rings (SSSR count). The van der Waals surface area contributed by atoms with E-state index in [0.717, 1.165) is 11.1 Å². The number of benzene rings is 3. The van der Waals surface area contributed by atoms with Crippen LogP contribution in [0.5, 0.6) is 0 Å². The first-order valence-corrected chi connectivity index (χ1v) is 11.0. The highest BCUT2D eigenvalue weighted by molar-refractivity contribution is 6.04. The van der Waals surface area contributed by atoms with Crippen molar-refractivity contribution < 1.29 is 19.5 Å². The van der Waals surface area contributed by atoms with Crippen molar-refractivity contribution in [2.75, 3.05) is 10.6 Å². The van der Waals surface area contributed by atoms with Gasteiger partial charge >= 0.3 is 5.97 Å². The average Bonchev–Trinajstić information content (AvgIpc) is 2.82. The van der Waals surface area contributed by atoms with Crippen molar-refractivity contribution in [3.63, 3.8) is 0 Å². The smallest absolute Gasteiger partial charge is 0.335 e. The second-order valence-electron chi connectivity index (χ2n) is 7.79. The molecule has 0 unspecified atom stereocenters. The van der Waals surface area contributed by atoms with Crippen molar-refractivity contribution in [3.8, 4) is 0 Å². The highest BCUT2D eigenvalue weighted by Crippen LogP contribution is 2.29. The van der Waals surface area contributed by atoms with E-state index in [4.69, 9.17) is 0 Å². The topological polar surface area (TPSA) is 95.5 Å². The molecule has 0 fully saturated rings. The lowest BCUT2D eigenvalue weighted by Crippen LogP contribution is -2.24. The minimum atomic E-state index is -1.12. The molecule has 3 N–H and O–H groups in total.